The van der Waals surface area contributed by atoms with E-state index in [1.807, 2.05) is 0 Å². The summed E-state index contributed by atoms with van der Waals surface area (Å²) in [6, 6.07) is 4.03. The molecule has 6 fully saturated rings. The molecule has 6 aliphatic rings. The van der Waals surface area contributed by atoms with Crippen molar-refractivity contribution in [3.05, 3.63) is 82.4 Å². The highest BCUT2D eigenvalue weighted by atomic mass is 19.1. The van der Waals surface area contributed by atoms with E-state index in [2.05, 4.69) is 9.97 Å². The van der Waals surface area contributed by atoms with Crippen molar-refractivity contribution in [2.45, 2.75) is 145 Å². The molecule has 400 valence electrons. The molecular formula is C55H66F4N10O6. The average Bonchev–Trinajstić information content (AvgIpc) is 4.28. The number of hydrogen-bond acceptors (Lipinski definition) is 8. The summed E-state index contributed by atoms with van der Waals surface area (Å²) in [5.74, 6) is -2.68. The predicted octanol–water partition coefficient (Wildman–Crippen LogP) is 10.7. The van der Waals surface area contributed by atoms with Crippen LogP contribution in [0.5, 0.6) is 0 Å². The summed E-state index contributed by atoms with van der Waals surface area (Å²) in [5.41, 5.74) is 1.93. The number of aromatic amines is 2. The summed E-state index contributed by atoms with van der Waals surface area (Å²) in [6.45, 7) is 1.81. The number of likely N-dealkylation sites (N-methyl/N-ethyl adjacent to an activating group) is 2. The van der Waals surface area contributed by atoms with E-state index >= 15 is 17.6 Å². The number of imidazole rings is 2. The number of carbonyl (C=O) groups excluding carboxylic acids is 2. The first-order valence-electron chi connectivity index (χ1n) is 27.1. The summed E-state index contributed by atoms with van der Waals surface area (Å²) in [4.78, 5) is 78.4. The molecule has 0 radical (unpaired) electrons. The van der Waals surface area contributed by atoms with Crippen LogP contribution in [0, 0.1) is 35.1 Å². The lowest BCUT2D eigenvalue weighted by atomic mass is 9.95. The Morgan fingerprint density at radius 2 is 0.960 bits per heavy atom. The van der Waals surface area contributed by atoms with Crippen LogP contribution in [0.15, 0.2) is 36.4 Å². The highest BCUT2D eigenvalue weighted by Crippen LogP contribution is 2.50. The third-order valence-electron chi connectivity index (χ3n) is 17.7. The van der Waals surface area contributed by atoms with Crippen molar-refractivity contribution in [3.8, 4) is 0 Å². The Bertz CT molecular complexity index is 2820. The summed E-state index contributed by atoms with van der Waals surface area (Å²) < 4.78 is 66.9. The Morgan fingerprint density at radius 1 is 0.533 bits per heavy atom. The van der Waals surface area contributed by atoms with Crippen LogP contribution in [0.1, 0.15) is 156 Å². The summed E-state index contributed by atoms with van der Waals surface area (Å²) in [6.07, 6.45) is 9.91. The molecule has 0 bridgehead atoms. The second-order valence-corrected chi connectivity index (χ2v) is 22.0. The van der Waals surface area contributed by atoms with Crippen molar-refractivity contribution in [1.29, 1.82) is 0 Å². The molecule has 2 saturated carbocycles. The van der Waals surface area contributed by atoms with E-state index in [4.69, 9.17) is 9.97 Å². The quantitative estimate of drug-likeness (QED) is 0.0877. The molecule has 3 aromatic carbocycles. The molecule has 6 heterocycles. The number of hydrogen-bond donors (Lipinski definition) is 4. The molecule has 4 N–H and O–H groups in total. The first-order chi connectivity index (χ1) is 36.2. The second kappa shape index (κ2) is 20.5. The lowest BCUT2D eigenvalue weighted by molar-refractivity contribution is -0.139. The Hall–Kier alpha value is -6.60. The molecule has 75 heavy (non-hydrogen) atoms. The molecule has 4 amide bonds. The lowest BCUT2D eigenvalue weighted by Gasteiger charge is -2.35. The van der Waals surface area contributed by atoms with Crippen molar-refractivity contribution >= 4 is 57.4 Å². The van der Waals surface area contributed by atoms with Gasteiger partial charge in [-0.05, 0) is 120 Å². The minimum Gasteiger partial charge on any atom is -0.465 e. The maximum absolute atomic E-state index is 16.9. The van der Waals surface area contributed by atoms with Gasteiger partial charge in [0.1, 0.15) is 41.1 Å². The minimum absolute atomic E-state index is 0.101. The molecule has 2 aromatic heterocycles. The van der Waals surface area contributed by atoms with Crippen molar-refractivity contribution in [2.24, 2.45) is 11.8 Å². The largest absolute Gasteiger partial charge is 0.465 e. The van der Waals surface area contributed by atoms with E-state index in [-0.39, 0.29) is 59.0 Å². The van der Waals surface area contributed by atoms with Crippen LogP contribution < -0.4 is 9.80 Å². The van der Waals surface area contributed by atoms with Gasteiger partial charge in [0.15, 0.2) is 11.6 Å². The number of fused-ring (bicyclic) bond motifs is 2. The van der Waals surface area contributed by atoms with Crippen LogP contribution in [-0.2, 0) is 9.59 Å². The summed E-state index contributed by atoms with van der Waals surface area (Å²) >= 11 is 0. The van der Waals surface area contributed by atoms with E-state index in [1.165, 1.54) is 38.4 Å². The van der Waals surface area contributed by atoms with Gasteiger partial charge in [-0.3, -0.25) is 19.4 Å². The fourth-order valence-electron chi connectivity index (χ4n) is 14.0. The molecule has 0 unspecified atom stereocenters. The summed E-state index contributed by atoms with van der Waals surface area (Å²) in [5, 5.41) is 20.0. The van der Waals surface area contributed by atoms with Gasteiger partial charge in [0, 0.05) is 69.2 Å². The van der Waals surface area contributed by atoms with Crippen LogP contribution in [0.4, 0.5) is 38.5 Å². The first-order valence-corrected chi connectivity index (χ1v) is 27.1. The third-order valence-corrected chi connectivity index (χ3v) is 17.7. The lowest BCUT2D eigenvalue weighted by Crippen LogP contribution is -2.52. The SMILES string of the molecule is CN(C(=O)O)[C@H](C(=O)N1CCC[C@H]1c1nc2cc(F)c([C@H]3CC[C@H](c4cc5[nH]c([C@@H]6CCCN6C(=O)[C@H](C6CCCC6)N(C)C(=O)O)nc5cc4F)N3c3cc(F)c(N4CCCCC4)c(F)c3)cc2[nH]1)C1CCCC1. The molecule has 16 nitrogen and oxygen atoms in total. The molecule has 0 spiro atoms. The van der Waals surface area contributed by atoms with Crippen molar-refractivity contribution in [3.63, 3.8) is 0 Å². The van der Waals surface area contributed by atoms with Gasteiger partial charge in [0.25, 0.3) is 0 Å². The first kappa shape index (κ1) is 50.6. The van der Waals surface area contributed by atoms with Crippen molar-refractivity contribution < 1.29 is 47.0 Å². The van der Waals surface area contributed by atoms with Gasteiger partial charge in [-0.1, -0.05) is 25.7 Å². The smallest absolute Gasteiger partial charge is 0.407 e. The number of nitrogens with one attached hydrogen (secondary N) is 2. The number of likely N-dealkylation sites (tertiary alicyclic amines) is 2. The predicted molar refractivity (Wildman–Crippen MR) is 272 cm³/mol. The average molecular weight is 1040 g/mol. The Balaban J connectivity index is 0.933. The van der Waals surface area contributed by atoms with Crippen LogP contribution in [0.3, 0.4) is 0 Å². The van der Waals surface area contributed by atoms with E-state index in [9.17, 15) is 29.4 Å². The highest BCUT2D eigenvalue weighted by Gasteiger charge is 2.46. The van der Waals surface area contributed by atoms with Crippen molar-refractivity contribution in [2.75, 3.05) is 50.1 Å². The number of carboxylic acid groups (broad SMARTS) is 2. The number of rotatable bonds is 12. The highest BCUT2D eigenvalue weighted by molar-refractivity contribution is 5.87. The number of anilines is 2. The zero-order valence-corrected chi connectivity index (χ0v) is 42.5. The zero-order chi connectivity index (χ0) is 52.4. The van der Waals surface area contributed by atoms with Gasteiger partial charge in [0.05, 0.1) is 46.2 Å². The van der Waals surface area contributed by atoms with Gasteiger partial charge in [-0.15, -0.1) is 0 Å². The molecule has 5 aromatic rings. The van der Waals surface area contributed by atoms with E-state index in [1.54, 1.807) is 31.7 Å². The number of H-pyrrole nitrogens is 2. The van der Waals surface area contributed by atoms with E-state index in [0.717, 1.165) is 80.4 Å². The third kappa shape index (κ3) is 9.26. The molecule has 20 heteroatoms. The maximum atomic E-state index is 16.9. The van der Waals surface area contributed by atoms with Crippen LogP contribution in [0.25, 0.3) is 22.1 Å². The van der Waals surface area contributed by atoms with E-state index < -0.39 is 71.7 Å². The maximum Gasteiger partial charge on any atom is 0.407 e. The Labute approximate surface area is 432 Å². The van der Waals surface area contributed by atoms with Gasteiger partial charge in [0.2, 0.25) is 11.8 Å². The van der Waals surface area contributed by atoms with Crippen LogP contribution >= 0.6 is 0 Å². The van der Waals surface area contributed by atoms with Crippen LogP contribution in [0.2, 0.25) is 0 Å². The fraction of sp³-hybridized carbons (Fsp3) is 0.564. The summed E-state index contributed by atoms with van der Waals surface area (Å²) in [7, 11) is 2.88. The van der Waals surface area contributed by atoms with Crippen LogP contribution in [-0.4, -0.2) is 126 Å². The van der Waals surface area contributed by atoms with E-state index in [0.29, 0.717) is 85.6 Å². The number of carbonyl (C=O) groups is 4. The normalized spacial score (nSPS) is 23.5. The molecule has 4 saturated heterocycles. The minimum atomic E-state index is -1.17. The molecular weight excluding hydrogens is 973 g/mol. The van der Waals surface area contributed by atoms with Gasteiger partial charge >= 0.3 is 12.2 Å². The number of halogens is 4. The Kier molecular flexibility index (Phi) is 13.8. The standard InChI is InChI=1S/C55H66F4N10O6/c1-64(54(72)73)47(30-12-4-5-13-30)52(70)67-22-10-16-45(67)50-60-39-26-33(35(56)28-41(39)62-50)43-18-19-44(69(43)32-24-37(58)49(38(59)25-32)66-20-8-3-9-21-66)34-27-40-42(29-36(34)57)63-51(61-40)46-17-11-23-68(46)53(71)48(65(2)55(74)75)31-14-6-7-15-31/h24-31,43-48H,3-23H2,1-2H3,(H,60,62)(H,61,63)(H,72,73)(H,74,75)/t43-,44-,45+,46+,47+,48+/m1/s1. The molecule has 11 rings (SSSR count). The number of benzene rings is 3. The molecule has 4 aliphatic heterocycles. The zero-order valence-electron chi connectivity index (χ0n) is 42.5. The number of aromatic nitrogens is 4. The molecule has 6 atom stereocenters. The second-order valence-electron chi connectivity index (χ2n) is 22.0. The Morgan fingerprint density at radius 3 is 1.37 bits per heavy atom. The monoisotopic (exact) mass is 1040 g/mol. The van der Waals surface area contributed by atoms with Gasteiger partial charge in [-0.2, -0.15) is 0 Å². The topological polar surface area (TPSA) is 186 Å². The number of amides is 4. The number of nitrogens with zero attached hydrogens (tertiary/aromatic N) is 8. The molecule has 2 aliphatic carbocycles. The van der Waals surface area contributed by atoms with Crippen molar-refractivity contribution in [1.82, 2.24) is 39.5 Å². The fourth-order valence-corrected chi connectivity index (χ4v) is 14.0. The number of piperidine rings is 1. The van der Waals surface area contributed by atoms with Gasteiger partial charge < -0.3 is 39.8 Å². The van der Waals surface area contributed by atoms with Gasteiger partial charge in [-0.25, -0.2) is 37.1 Å².